The highest BCUT2D eigenvalue weighted by Crippen LogP contribution is 2.39. The molecule has 2 rings (SSSR count). The first-order chi connectivity index (χ1) is 8.03. The van der Waals surface area contributed by atoms with Crippen molar-refractivity contribution in [3.8, 4) is 5.75 Å². The summed E-state index contributed by atoms with van der Waals surface area (Å²) in [5.41, 5.74) is 5.68. The molecule has 17 heavy (non-hydrogen) atoms. The number of ether oxygens (including phenoxy) is 2. The molecule has 0 aromatic carbocycles. The zero-order valence-corrected chi connectivity index (χ0v) is 11.3. The molecule has 6 heteroatoms. The van der Waals surface area contributed by atoms with Gasteiger partial charge in [0.05, 0.1) is 18.8 Å². The van der Waals surface area contributed by atoms with Gasteiger partial charge in [0.15, 0.2) is 16.6 Å². The van der Waals surface area contributed by atoms with Gasteiger partial charge in [-0.1, -0.05) is 0 Å². The van der Waals surface area contributed by atoms with Crippen molar-refractivity contribution < 1.29 is 9.47 Å². The predicted molar refractivity (Wildman–Crippen MR) is 69.9 cm³/mol. The van der Waals surface area contributed by atoms with Gasteiger partial charge in [0.2, 0.25) is 0 Å². The first kappa shape index (κ1) is 12.4. The maximum Gasteiger partial charge on any atom is 0.197 e. The molecule has 1 aliphatic rings. The number of aromatic nitrogens is 1. The molecule has 96 valence electrons. The van der Waals surface area contributed by atoms with Crippen LogP contribution in [0.15, 0.2) is 0 Å². The van der Waals surface area contributed by atoms with Gasteiger partial charge in [0, 0.05) is 13.1 Å². The Hall–Kier alpha value is -1.01. The first-order valence-corrected chi connectivity index (χ1v) is 6.57. The number of rotatable bonds is 3. The Bertz CT molecular complexity index is 392. The number of morpholine rings is 1. The van der Waals surface area contributed by atoms with E-state index < -0.39 is 0 Å². The fourth-order valence-electron chi connectivity index (χ4n) is 1.96. The molecule has 0 atom stereocenters. The van der Waals surface area contributed by atoms with Gasteiger partial charge in [-0.3, -0.25) is 0 Å². The lowest BCUT2D eigenvalue weighted by Crippen LogP contribution is -2.48. The maximum atomic E-state index is 5.82. The highest BCUT2D eigenvalue weighted by atomic mass is 32.1. The molecule has 2 heterocycles. The Labute approximate surface area is 106 Å². The third-order valence-electron chi connectivity index (χ3n) is 2.66. The molecule has 0 saturated carbocycles. The van der Waals surface area contributed by atoms with E-state index in [9.17, 15) is 0 Å². The lowest BCUT2D eigenvalue weighted by Gasteiger charge is -2.38. The highest BCUT2D eigenvalue weighted by Gasteiger charge is 2.30. The number of anilines is 2. The van der Waals surface area contributed by atoms with Crippen molar-refractivity contribution in [2.24, 2.45) is 0 Å². The van der Waals surface area contributed by atoms with Crippen molar-refractivity contribution in [1.82, 2.24) is 4.37 Å². The smallest absolute Gasteiger partial charge is 0.197 e. The molecule has 0 spiro atoms. The van der Waals surface area contributed by atoms with E-state index in [1.54, 1.807) is 0 Å². The van der Waals surface area contributed by atoms with Crippen molar-refractivity contribution in [3.63, 3.8) is 0 Å². The molecule has 1 aliphatic heterocycles. The summed E-state index contributed by atoms with van der Waals surface area (Å²) in [6.45, 7) is 9.12. The molecule has 1 aromatic heterocycles. The zero-order valence-electron chi connectivity index (χ0n) is 10.5. The minimum Gasteiger partial charge on any atom is -0.487 e. The van der Waals surface area contributed by atoms with Crippen LogP contribution < -0.4 is 15.4 Å². The van der Waals surface area contributed by atoms with Crippen LogP contribution in [-0.2, 0) is 4.74 Å². The fraction of sp³-hybridized carbons (Fsp3) is 0.727. The van der Waals surface area contributed by atoms with Gasteiger partial charge in [-0.15, -0.1) is 0 Å². The molecule has 5 nitrogen and oxygen atoms in total. The fourth-order valence-corrected chi connectivity index (χ4v) is 2.74. The monoisotopic (exact) mass is 257 g/mol. The summed E-state index contributed by atoms with van der Waals surface area (Å²) < 4.78 is 15.4. The lowest BCUT2D eigenvalue weighted by atomic mass is 10.1. The minimum absolute atomic E-state index is 0.138. The summed E-state index contributed by atoms with van der Waals surface area (Å²) in [6, 6.07) is 0. The van der Waals surface area contributed by atoms with Crippen LogP contribution >= 0.6 is 11.5 Å². The standard InChI is InChI=1S/C11H19N3O2S/c1-4-15-8-9(12)13-17-10(8)14-5-6-16-11(2,3)7-14/h4-7H2,1-3H3,(H2,12,13). The van der Waals surface area contributed by atoms with E-state index in [-0.39, 0.29) is 5.60 Å². The van der Waals surface area contributed by atoms with Crippen molar-refractivity contribution >= 4 is 22.4 Å². The van der Waals surface area contributed by atoms with Gasteiger partial charge in [0.1, 0.15) is 0 Å². The van der Waals surface area contributed by atoms with Crippen molar-refractivity contribution in [3.05, 3.63) is 0 Å². The van der Waals surface area contributed by atoms with Gasteiger partial charge in [-0.05, 0) is 32.3 Å². The van der Waals surface area contributed by atoms with Crippen molar-refractivity contribution in [2.45, 2.75) is 26.4 Å². The number of nitrogens with zero attached hydrogens (tertiary/aromatic N) is 2. The van der Waals surface area contributed by atoms with Crippen LogP contribution in [0.2, 0.25) is 0 Å². The second kappa shape index (κ2) is 4.70. The third-order valence-corrected chi connectivity index (χ3v) is 3.56. The number of nitrogens with two attached hydrogens (primary N) is 1. The molecule has 2 N–H and O–H groups in total. The third kappa shape index (κ3) is 2.63. The Kier molecular flexibility index (Phi) is 3.44. The van der Waals surface area contributed by atoms with Crippen LogP contribution in [0.3, 0.4) is 0 Å². The molecule has 0 aliphatic carbocycles. The molecule has 0 radical (unpaired) electrons. The number of nitrogen functional groups attached to an aromatic ring is 1. The summed E-state index contributed by atoms with van der Waals surface area (Å²) in [4.78, 5) is 2.24. The van der Waals surface area contributed by atoms with E-state index in [2.05, 4.69) is 23.1 Å². The zero-order chi connectivity index (χ0) is 12.5. The van der Waals surface area contributed by atoms with Crippen molar-refractivity contribution in [2.75, 3.05) is 36.9 Å². The molecular weight excluding hydrogens is 238 g/mol. The second-order valence-corrected chi connectivity index (χ2v) is 5.42. The SMILES string of the molecule is CCOc1c(N)nsc1N1CCOC(C)(C)C1. The molecule has 1 fully saturated rings. The molecule has 0 amide bonds. The Morgan fingerprint density at radius 1 is 1.59 bits per heavy atom. The Morgan fingerprint density at radius 2 is 2.35 bits per heavy atom. The quantitative estimate of drug-likeness (QED) is 0.893. The van der Waals surface area contributed by atoms with Crippen LogP contribution in [0.1, 0.15) is 20.8 Å². The largest absolute Gasteiger partial charge is 0.487 e. The van der Waals surface area contributed by atoms with E-state index in [1.165, 1.54) is 11.5 Å². The van der Waals surface area contributed by atoms with Crippen LogP contribution in [0.25, 0.3) is 0 Å². The molecule has 1 saturated heterocycles. The van der Waals surface area contributed by atoms with Crippen molar-refractivity contribution in [1.29, 1.82) is 0 Å². The molecule has 0 unspecified atom stereocenters. The topological polar surface area (TPSA) is 60.6 Å². The minimum atomic E-state index is -0.138. The van der Waals surface area contributed by atoms with Gasteiger partial charge in [-0.2, -0.15) is 4.37 Å². The maximum absolute atomic E-state index is 5.82. The van der Waals surface area contributed by atoms with E-state index in [0.717, 1.165) is 30.4 Å². The van der Waals surface area contributed by atoms with Gasteiger partial charge < -0.3 is 20.1 Å². The summed E-state index contributed by atoms with van der Waals surface area (Å²) in [5, 5.41) is 1.01. The average molecular weight is 257 g/mol. The second-order valence-electron chi connectivity index (χ2n) is 4.66. The van der Waals surface area contributed by atoms with Gasteiger partial charge in [0.25, 0.3) is 0 Å². The summed E-state index contributed by atoms with van der Waals surface area (Å²) >= 11 is 1.39. The van der Waals surface area contributed by atoms with E-state index in [0.29, 0.717) is 12.4 Å². The van der Waals surface area contributed by atoms with E-state index in [1.807, 2.05) is 6.92 Å². The van der Waals surface area contributed by atoms with Crippen LogP contribution in [0.4, 0.5) is 10.8 Å². The highest BCUT2D eigenvalue weighted by molar-refractivity contribution is 7.11. The molecular formula is C11H19N3O2S. The predicted octanol–water partition coefficient (Wildman–Crippen LogP) is 1.74. The van der Waals surface area contributed by atoms with E-state index in [4.69, 9.17) is 15.2 Å². The first-order valence-electron chi connectivity index (χ1n) is 5.80. The summed E-state index contributed by atoms with van der Waals surface area (Å²) in [7, 11) is 0. The van der Waals surface area contributed by atoms with E-state index >= 15 is 0 Å². The average Bonchev–Trinajstić information content (AvgIpc) is 2.60. The molecule has 1 aromatic rings. The number of hydrogen-bond donors (Lipinski definition) is 1. The molecule has 0 bridgehead atoms. The lowest BCUT2D eigenvalue weighted by molar-refractivity contribution is -0.0275. The van der Waals surface area contributed by atoms with Crippen LogP contribution in [0.5, 0.6) is 5.75 Å². The van der Waals surface area contributed by atoms with Crippen LogP contribution in [-0.4, -0.2) is 36.3 Å². The number of hydrogen-bond acceptors (Lipinski definition) is 6. The normalized spacial score (nSPS) is 19.4. The summed E-state index contributed by atoms with van der Waals surface area (Å²) in [5.74, 6) is 1.20. The Balaban J connectivity index is 2.21. The van der Waals surface area contributed by atoms with Gasteiger partial charge in [-0.25, -0.2) is 0 Å². The Morgan fingerprint density at radius 3 is 3.00 bits per heavy atom. The van der Waals surface area contributed by atoms with Crippen LogP contribution in [0, 0.1) is 0 Å². The van der Waals surface area contributed by atoms with Gasteiger partial charge >= 0.3 is 0 Å². The summed E-state index contributed by atoms with van der Waals surface area (Å²) in [6.07, 6.45) is 0.